The number of hydrogen-bond donors (Lipinski definition) is 3. The van der Waals surface area contributed by atoms with Crippen LogP contribution in [0.1, 0.15) is 39.5 Å². The monoisotopic (exact) mass is 284 g/mol. The number of carboxylic acid groups (broad SMARTS) is 1. The first-order valence-corrected chi connectivity index (χ1v) is 6.40. The van der Waals surface area contributed by atoms with E-state index in [0.717, 1.165) is 0 Å². The summed E-state index contributed by atoms with van der Waals surface area (Å²) in [5, 5.41) is 21.5. The second-order valence-electron chi connectivity index (χ2n) is 5.09. The fraction of sp³-hybridized carbons (Fsp3) is 0.667. The molecule has 1 aromatic heterocycles. The number of nitrogens with zero attached hydrogens (tertiary/aromatic N) is 2. The third-order valence-corrected chi connectivity index (χ3v) is 2.60. The summed E-state index contributed by atoms with van der Waals surface area (Å²) < 4.78 is 5.22. The van der Waals surface area contributed by atoms with Crippen LogP contribution in [0.2, 0.25) is 0 Å². The van der Waals surface area contributed by atoms with Crippen LogP contribution in [-0.4, -0.2) is 39.8 Å². The van der Waals surface area contributed by atoms with Gasteiger partial charge in [0.1, 0.15) is 6.04 Å². The molecule has 1 rings (SSSR count). The van der Waals surface area contributed by atoms with E-state index in [4.69, 9.17) is 9.52 Å². The summed E-state index contributed by atoms with van der Waals surface area (Å²) >= 11 is 0. The Labute approximate surface area is 116 Å². The first-order valence-electron chi connectivity index (χ1n) is 6.40. The Balaban J connectivity index is 2.48. The maximum absolute atomic E-state index is 11.6. The second-order valence-corrected chi connectivity index (χ2v) is 5.09. The topological polar surface area (TPSA) is 117 Å². The normalized spacial score (nSPS) is 12.7. The second kappa shape index (κ2) is 6.99. The molecule has 0 aliphatic carbocycles. The zero-order valence-electron chi connectivity index (χ0n) is 12.0. The van der Waals surface area contributed by atoms with Crippen molar-refractivity contribution in [3.63, 3.8) is 0 Å². The summed E-state index contributed by atoms with van der Waals surface area (Å²) in [4.78, 5) is 22.6. The Morgan fingerprint density at radius 1 is 1.25 bits per heavy atom. The van der Waals surface area contributed by atoms with Gasteiger partial charge in [-0.3, -0.25) is 20.2 Å². The minimum atomic E-state index is -0.993. The predicted molar refractivity (Wildman–Crippen MR) is 71.3 cm³/mol. The van der Waals surface area contributed by atoms with Gasteiger partial charge in [0.15, 0.2) is 0 Å². The van der Waals surface area contributed by atoms with Crippen LogP contribution in [0.3, 0.4) is 0 Å². The molecule has 1 heterocycles. The van der Waals surface area contributed by atoms with Crippen molar-refractivity contribution >= 4 is 17.9 Å². The van der Waals surface area contributed by atoms with Crippen molar-refractivity contribution in [3.05, 3.63) is 5.89 Å². The molecule has 1 atom stereocenters. The highest BCUT2D eigenvalue weighted by atomic mass is 16.4. The van der Waals surface area contributed by atoms with Gasteiger partial charge in [0, 0.05) is 5.92 Å². The predicted octanol–water partition coefficient (Wildman–Crippen LogP) is 0.830. The minimum absolute atomic E-state index is 0.0110. The minimum Gasteiger partial charge on any atom is -0.480 e. The van der Waals surface area contributed by atoms with E-state index >= 15 is 0 Å². The van der Waals surface area contributed by atoms with Crippen molar-refractivity contribution in [2.24, 2.45) is 5.92 Å². The van der Waals surface area contributed by atoms with E-state index in [-0.39, 0.29) is 24.4 Å². The van der Waals surface area contributed by atoms with Crippen molar-refractivity contribution in [1.29, 1.82) is 0 Å². The molecule has 0 saturated heterocycles. The van der Waals surface area contributed by atoms with Gasteiger partial charge in [0.25, 0.3) is 0 Å². The molecule has 0 aliphatic rings. The quantitative estimate of drug-likeness (QED) is 0.678. The molecule has 0 saturated carbocycles. The molecule has 3 N–H and O–H groups in total. The van der Waals surface area contributed by atoms with E-state index < -0.39 is 17.9 Å². The molecule has 1 amide bonds. The first-order chi connectivity index (χ1) is 9.31. The third-order valence-electron chi connectivity index (χ3n) is 2.60. The number of carboxylic acids is 1. The lowest BCUT2D eigenvalue weighted by Gasteiger charge is -2.17. The van der Waals surface area contributed by atoms with E-state index in [1.165, 1.54) is 0 Å². The van der Waals surface area contributed by atoms with Crippen LogP contribution in [0.5, 0.6) is 0 Å². The van der Waals surface area contributed by atoms with Crippen LogP contribution in [0.4, 0.5) is 6.01 Å². The van der Waals surface area contributed by atoms with Gasteiger partial charge < -0.3 is 9.52 Å². The summed E-state index contributed by atoms with van der Waals surface area (Å²) in [6, 6.07) is -0.772. The smallest absolute Gasteiger partial charge is 0.322 e. The number of anilines is 1. The number of nitrogens with one attached hydrogen (secondary N) is 2. The number of rotatable bonds is 7. The van der Waals surface area contributed by atoms with Gasteiger partial charge in [-0.1, -0.05) is 32.8 Å². The van der Waals surface area contributed by atoms with Gasteiger partial charge >= 0.3 is 12.0 Å². The fourth-order valence-electron chi connectivity index (χ4n) is 1.49. The molecular weight excluding hydrogens is 264 g/mol. The SMILES string of the molecule is CC(C)c1nnc(NC(=O)CNC(C(=O)O)C(C)C)o1. The lowest BCUT2D eigenvalue weighted by atomic mass is 10.1. The summed E-state index contributed by atoms with van der Waals surface area (Å²) in [5.41, 5.74) is 0. The lowest BCUT2D eigenvalue weighted by molar-refractivity contribution is -0.140. The van der Waals surface area contributed by atoms with Crippen LogP contribution in [0, 0.1) is 5.92 Å². The molecule has 1 unspecified atom stereocenters. The molecule has 0 radical (unpaired) electrons. The Morgan fingerprint density at radius 2 is 1.90 bits per heavy atom. The molecule has 0 bridgehead atoms. The Kier molecular flexibility index (Phi) is 5.63. The number of amides is 1. The summed E-state index contributed by atoms with van der Waals surface area (Å²) in [5.74, 6) is -1.05. The first kappa shape index (κ1) is 16.1. The van der Waals surface area contributed by atoms with Crippen LogP contribution in [0.15, 0.2) is 4.42 Å². The molecule has 0 aliphatic heterocycles. The molecule has 0 spiro atoms. The van der Waals surface area contributed by atoms with Gasteiger partial charge in [-0.25, -0.2) is 0 Å². The van der Waals surface area contributed by atoms with Gasteiger partial charge in [-0.2, -0.15) is 0 Å². The molecule has 1 aromatic rings. The third kappa shape index (κ3) is 4.61. The van der Waals surface area contributed by atoms with Gasteiger partial charge in [-0.05, 0) is 5.92 Å². The van der Waals surface area contributed by atoms with E-state index in [9.17, 15) is 9.59 Å². The number of aliphatic carboxylic acids is 1. The average molecular weight is 284 g/mol. The van der Waals surface area contributed by atoms with Crippen molar-refractivity contribution in [3.8, 4) is 0 Å². The Bertz CT molecular complexity index is 470. The number of carbonyl (C=O) groups is 2. The highest BCUT2D eigenvalue weighted by molar-refractivity contribution is 5.90. The van der Waals surface area contributed by atoms with Crippen molar-refractivity contribution < 1.29 is 19.1 Å². The zero-order valence-corrected chi connectivity index (χ0v) is 12.0. The standard InChI is InChI=1S/C12H20N4O4/c1-6(2)9(11(18)19)13-5-8(17)14-12-16-15-10(20-12)7(3)4/h6-7,9,13H,5H2,1-4H3,(H,18,19)(H,14,16,17). The van der Waals surface area contributed by atoms with Gasteiger partial charge in [0.05, 0.1) is 6.54 Å². The van der Waals surface area contributed by atoms with Crippen LogP contribution in [-0.2, 0) is 9.59 Å². The Morgan fingerprint density at radius 3 is 2.35 bits per heavy atom. The molecule has 8 heteroatoms. The number of aromatic nitrogens is 2. The van der Waals surface area contributed by atoms with E-state index in [2.05, 4.69) is 20.8 Å². The van der Waals surface area contributed by atoms with E-state index in [1.807, 2.05) is 13.8 Å². The maximum atomic E-state index is 11.6. The summed E-state index contributed by atoms with van der Waals surface area (Å²) in [6.45, 7) is 7.16. The summed E-state index contributed by atoms with van der Waals surface area (Å²) in [6.07, 6.45) is 0. The molecule has 8 nitrogen and oxygen atoms in total. The van der Waals surface area contributed by atoms with Crippen molar-refractivity contribution in [2.45, 2.75) is 39.7 Å². The molecule has 20 heavy (non-hydrogen) atoms. The van der Waals surface area contributed by atoms with Crippen molar-refractivity contribution in [1.82, 2.24) is 15.5 Å². The zero-order chi connectivity index (χ0) is 15.3. The fourth-order valence-corrected chi connectivity index (χ4v) is 1.49. The van der Waals surface area contributed by atoms with Gasteiger partial charge in [0.2, 0.25) is 11.8 Å². The highest BCUT2D eigenvalue weighted by Gasteiger charge is 2.22. The molecular formula is C12H20N4O4. The highest BCUT2D eigenvalue weighted by Crippen LogP contribution is 2.14. The van der Waals surface area contributed by atoms with Crippen LogP contribution < -0.4 is 10.6 Å². The summed E-state index contributed by atoms with van der Waals surface area (Å²) in [7, 11) is 0. The molecule has 112 valence electrons. The molecule has 0 fully saturated rings. The van der Waals surface area contributed by atoms with Crippen LogP contribution >= 0.6 is 0 Å². The maximum Gasteiger partial charge on any atom is 0.322 e. The number of hydrogen-bond acceptors (Lipinski definition) is 6. The van der Waals surface area contributed by atoms with E-state index in [1.54, 1.807) is 13.8 Å². The Hall–Kier alpha value is -1.96. The van der Waals surface area contributed by atoms with E-state index in [0.29, 0.717) is 5.89 Å². The van der Waals surface area contributed by atoms with Crippen LogP contribution in [0.25, 0.3) is 0 Å². The largest absolute Gasteiger partial charge is 0.480 e. The van der Waals surface area contributed by atoms with Crippen molar-refractivity contribution in [2.75, 3.05) is 11.9 Å². The lowest BCUT2D eigenvalue weighted by Crippen LogP contribution is -2.44. The van der Waals surface area contributed by atoms with Gasteiger partial charge in [-0.15, -0.1) is 5.10 Å². The average Bonchev–Trinajstić information content (AvgIpc) is 2.76. The number of carbonyl (C=O) groups excluding carboxylic acids is 1. The molecule has 0 aromatic carbocycles.